The molecule has 0 radical (unpaired) electrons. The van der Waals surface area contributed by atoms with Gasteiger partial charge < -0.3 is 5.32 Å². The molecule has 0 spiro atoms. The lowest BCUT2D eigenvalue weighted by Crippen LogP contribution is -2.17. The third-order valence-corrected chi connectivity index (χ3v) is 3.87. The molecule has 1 heterocycles. The Hall–Kier alpha value is -1.19. The van der Waals surface area contributed by atoms with Crippen molar-refractivity contribution < 1.29 is 4.39 Å². The van der Waals surface area contributed by atoms with E-state index in [1.165, 1.54) is 4.88 Å². The number of hydrogen-bond acceptors (Lipinski definition) is 2. The van der Waals surface area contributed by atoms with Crippen molar-refractivity contribution >= 4 is 11.3 Å². The molecule has 1 aromatic carbocycles. The SMILES string of the molecule is Cc1ccc(CNC(C)c2cccs2)cc1F. The second-order valence-corrected chi connectivity index (χ2v) is 5.18. The van der Waals surface area contributed by atoms with E-state index in [2.05, 4.69) is 23.7 Å². The summed E-state index contributed by atoms with van der Waals surface area (Å²) in [6.07, 6.45) is 0. The molecule has 3 heteroatoms. The smallest absolute Gasteiger partial charge is 0.126 e. The van der Waals surface area contributed by atoms with Gasteiger partial charge >= 0.3 is 0 Å². The third kappa shape index (κ3) is 3.14. The van der Waals surface area contributed by atoms with Crippen molar-refractivity contribution in [3.8, 4) is 0 Å². The highest BCUT2D eigenvalue weighted by atomic mass is 32.1. The van der Waals surface area contributed by atoms with Gasteiger partial charge in [-0.05, 0) is 42.5 Å². The summed E-state index contributed by atoms with van der Waals surface area (Å²) in [5, 5.41) is 5.46. The zero-order valence-electron chi connectivity index (χ0n) is 10.0. The Labute approximate surface area is 105 Å². The molecule has 0 saturated carbocycles. The van der Waals surface area contributed by atoms with Crippen LogP contribution in [0.2, 0.25) is 0 Å². The molecule has 1 nitrogen and oxygen atoms in total. The van der Waals surface area contributed by atoms with Crippen molar-refractivity contribution in [2.24, 2.45) is 0 Å². The van der Waals surface area contributed by atoms with E-state index >= 15 is 0 Å². The molecule has 1 unspecified atom stereocenters. The van der Waals surface area contributed by atoms with E-state index < -0.39 is 0 Å². The fourth-order valence-corrected chi connectivity index (χ4v) is 2.41. The van der Waals surface area contributed by atoms with Crippen LogP contribution in [0.4, 0.5) is 4.39 Å². The van der Waals surface area contributed by atoms with Gasteiger partial charge in [-0.25, -0.2) is 4.39 Å². The average molecular weight is 249 g/mol. The molecule has 2 rings (SSSR count). The predicted molar refractivity (Wildman–Crippen MR) is 70.7 cm³/mol. The molecule has 2 aromatic rings. The van der Waals surface area contributed by atoms with E-state index in [-0.39, 0.29) is 5.82 Å². The predicted octanol–water partition coefficient (Wildman–Crippen LogP) is 4.05. The Morgan fingerprint density at radius 2 is 2.18 bits per heavy atom. The molecule has 90 valence electrons. The van der Waals surface area contributed by atoms with Gasteiger partial charge in [-0.3, -0.25) is 0 Å². The van der Waals surface area contributed by atoms with Crippen molar-refractivity contribution in [2.75, 3.05) is 0 Å². The van der Waals surface area contributed by atoms with Crippen molar-refractivity contribution in [3.05, 3.63) is 57.5 Å². The molecular weight excluding hydrogens is 233 g/mol. The summed E-state index contributed by atoms with van der Waals surface area (Å²) in [5.74, 6) is -0.131. The van der Waals surface area contributed by atoms with E-state index in [0.29, 0.717) is 18.2 Å². The zero-order valence-corrected chi connectivity index (χ0v) is 10.9. The van der Waals surface area contributed by atoms with Gasteiger partial charge in [-0.15, -0.1) is 11.3 Å². The van der Waals surface area contributed by atoms with Crippen LogP contribution in [0.3, 0.4) is 0 Å². The minimum Gasteiger partial charge on any atom is -0.305 e. The lowest BCUT2D eigenvalue weighted by Gasteiger charge is -2.12. The lowest BCUT2D eigenvalue weighted by atomic mass is 10.1. The van der Waals surface area contributed by atoms with Crippen LogP contribution in [0.1, 0.15) is 29.0 Å². The van der Waals surface area contributed by atoms with Gasteiger partial charge in [0.1, 0.15) is 5.82 Å². The molecule has 0 bridgehead atoms. The summed E-state index contributed by atoms with van der Waals surface area (Å²) in [7, 11) is 0. The molecule has 0 saturated heterocycles. The zero-order chi connectivity index (χ0) is 12.3. The van der Waals surface area contributed by atoms with Crippen LogP contribution in [-0.4, -0.2) is 0 Å². The van der Waals surface area contributed by atoms with E-state index in [1.54, 1.807) is 24.3 Å². The first-order valence-corrected chi connectivity index (χ1v) is 6.56. The Morgan fingerprint density at radius 3 is 2.82 bits per heavy atom. The summed E-state index contributed by atoms with van der Waals surface area (Å²) >= 11 is 1.74. The number of hydrogen-bond donors (Lipinski definition) is 1. The van der Waals surface area contributed by atoms with Gasteiger partial charge in [-0.2, -0.15) is 0 Å². The fourth-order valence-electron chi connectivity index (χ4n) is 1.66. The summed E-state index contributed by atoms with van der Waals surface area (Å²) in [4.78, 5) is 1.30. The van der Waals surface area contributed by atoms with Crippen LogP contribution >= 0.6 is 11.3 Å². The highest BCUT2D eigenvalue weighted by Gasteiger charge is 2.06. The van der Waals surface area contributed by atoms with Crippen LogP contribution in [0.25, 0.3) is 0 Å². The molecule has 0 aliphatic heterocycles. The third-order valence-electron chi connectivity index (χ3n) is 2.82. The lowest BCUT2D eigenvalue weighted by molar-refractivity contribution is 0.575. The van der Waals surface area contributed by atoms with Gasteiger partial charge in [0.15, 0.2) is 0 Å². The van der Waals surface area contributed by atoms with Gasteiger partial charge in [0.25, 0.3) is 0 Å². The molecule has 17 heavy (non-hydrogen) atoms. The summed E-state index contributed by atoms with van der Waals surface area (Å²) in [6.45, 7) is 4.59. The molecule has 1 aromatic heterocycles. The van der Waals surface area contributed by atoms with Gasteiger partial charge in [-0.1, -0.05) is 18.2 Å². The van der Waals surface area contributed by atoms with Gasteiger partial charge in [0, 0.05) is 17.5 Å². The monoisotopic (exact) mass is 249 g/mol. The van der Waals surface area contributed by atoms with Crippen LogP contribution in [-0.2, 0) is 6.54 Å². The van der Waals surface area contributed by atoms with E-state index in [1.807, 2.05) is 18.2 Å². The summed E-state index contributed by atoms with van der Waals surface area (Å²) < 4.78 is 13.4. The normalized spacial score (nSPS) is 12.6. The molecular formula is C14H16FNS. The first-order chi connectivity index (χ1) is 8.16. The summed E-state index contributed by atoms with van der Waals surface area (Å²) in [5.41, 5.74) is 1.68. The standard InChI is InChI=1S/C14H16FNS/c1-10-5-6-12(8-13(10)15)9-16-11(2)14-4-3-7-17-14/h3-8,11,16H,9H2,1-2H3. The largest absolute Gasteiger partial charge is 0.305 e. The van der Waals surface area contributed by atoms with Crippen LogP contribution in [0.15, 0.2) is 35.7 Å². The van der Waals surface area contributed by atoms with E-state index in [0.717, 1.165) is 5.56 Å². The van der Waals surface area contributed by atoms with Crippen molar-refractivity contribution in [1.29, 1.82) is 0 Å². The van der Waals surface area contributed by atoms with Gasteiger partial charge in [0.05, 0.1) is 0 Å². The number of halogens is 1. The van der Waals surface area contributed by atoms with E-state index in [4.69, 9.17) is 0 Å². The molecule has 0 aliphatic carbocycles. The molecule has 0 fully saturated rings. The number of rotatable bonds is 4. The fraction of sp³-hybridized carbons (Fsp3) is 0.286. The average Bonchev–Trinajstić information content (AvgIpc) is 2.84. The Morgan fingerprint density at radius 1 is 1.35 bits per heavy atom. The first-order valence-electron chi connectivity index (χ1n) is 5.68. The number of nitrogens with one attached hydrogen (secondary N) is 1. The Bertz CT molecular complexity index is 479. The van der Waals surface area contributed by atoms with E-state index in [9.17, 15) is 4.39 Å². The Kier molecular flexibility index (Phi) is 3.92. The number of thiophene rings is 1. The van der Waals surface area contributed by atoms with Crippen molar-refractivity contribution in [2.45, 2.75) is 26.4 Å². The highest BCUT2D eigenvalue weighted by Crippen LogP contribution is 2.18. The second-order valence-electron chi connectivity index (χ2n) is 4.20. The van der Waals surface area contributed by atoms with Crippen molar-refractivity contribution in [1.82, 2.24) is 5.32 Å². The van der Waals surface area contributed by atoms with Gasteiger partial charge in [0.2, 0.25) is 0 Å². The van der Waals surface area contributed by atoms with Crippen LogP contribution < -0.4 is 5.32 Å². The first kappa shape index (κ1) is 12.3. The highest BCUT2D eigenvalue weighted by molar-refractivity contribution is 7.10. The molecule has 0 amide bonds. The Balaban J connectivity index is 1.96. The number of aryl methyl sites for hydroxylation is 1. The maximum Gasteiger partial charge on any atom is 0.126 e. The van der Waals surface area contributed by atoms with Crippen LogP contribution in [0.5, 0.6) is 0 Å². The minimum absolute atomic E-state index is 0.131. The quantitative estimate of drug-likeness (QED) is 0.862. The second kappa shape index (κ2) is 5.43. The molecule has 1 atom stereocenters. The topological polar surface area (TPSA) is 12.0 Å². The maximum atomic E-state index is 13.4. The van der Waals surface area contributed by atoms with Crippen LogP contribution in [0, 0.1) is 12.7 Å². The molecule has 1 N–H and O–H groups in total. The van der Waals surface area contributed by atoms with Crippen molar-refractivity contribution in [3.63, 3.8) is 0 Å². The number of benzene rings is 1. The molecule has 0 aliphatic rings. The minimum atomic E-state index is -0.131. The summed E-state index contributed by atoms with van der Waals surface area (Å²) in [6, 6.07) is 9.85. The maximum absolute atomic E-state index is 13.4.